The number of hydrogen-bond acceptors (Lipinski definition) is 5. The molecule has 1 aliphatic rings. The second kappa shape index (κ2) is 8.30. The van der Waals surface area contributed by atoms with Crippen molar-refractivity contribution in [2.24, 2.45) is 0 Å². The molecule has 2 amide bonds. The van der Waals surface area contributed by atoms with Crippen molar-refractivity contribution in [2.75, 3.05) is 5.32 Å². The molecule has 1 aliphatic heterocycles. The van der Waals surface area contributed by atoms with E-state index >= 15 is 0 Å². The highest BCUT2D eigenvalue weighted by Gasteiger charge is 2.19. The average molecular weight is 393 g/mol. The summed E-state index contributed by atoms with van der Waals surface area (Å²) >= 11 is 0. The lowest BCUT2D eigenvalue weighted by molar-refractivity contribution is -0.117. The second-order valence-corrected chi connectivity index (χ2v) is 7.14. The number of furan rings is 1. The van der Waals surface area contributed by atoms with E-state index in [0.717, 1.165) is 43.0 Å². The number of benzene rings is 1. The highest BCUT2D eigenvalue weighted by atomic mass is 16.3. The van der Waals surface area contributed by atoms with Gasteiger partial charge in [-0.3, -0.25) is 9.59 Å². The largest absolute Gasteiger partial charge is 0.459 e. The summed E-state index contributed by atoms with van der Waals surface area (Å²) in [6.45, 7) is 2.55. The van der Waals surface area contributed by atoms with Crippen LogP contribution in [0.1, 0.15) is 42.6 Å². The van der Waals surface area contributed by atoms with Gasteiger partial charge in [0.2, 0.25) is 5.91 Å². The summed E-state index contributed by atoms with van der Waals surface area (Å²) in [6.07, 6.45) is 5.87. The number of carbonyl (C=O) groups is 2. The Bertz CT molecular complexity index is 992. The first-order valence-electron chi connectivity index (χ1n) is 9.79. The molecule has 29 heavy (non-hydrogen) atoms. The van der Waals surface area contributed by atoms with Crippen molar-refractivity contribution >= 4 is 17.5 Å². The number of nitrogens with zero attached hydrogens (tertiary/aromatic N) is 3. The fourth-order valence-electron chi connectivity index (χ4n) is 3.39. The molecule has 0 saturated carbocycles. The molecule has 0 radical (unpaired) electrons. The molecule has 1 atom stereocenters. The van der Waals surface area contributed by atoms with E-state index in [9.17, 15) is 9.59 Å². The predicted molar refractivity (Wildman–Crippen MR) is 107 cm³/mol. The van der Waals surface area contributed by atoms with E-state index in [-0.39, 0.29) is 11.7 Å². The van der Waals surface area contributed by atoms with Gasteiger partial charge < -0.3 is 19.6 Å². The molecule has 1 aromatic carbocycles. The van der Waals surface area contributed by atoms with Crippen molar-refractivity contribution in [1.82, 2.24) is 20.1 Å². The van der Waals surface area contributed by atoms with Crippen molar-refractivity contribution in [3.63, 3.8) is 0 Å². The van der Waals surface area contributed by atoms with Crippen LogP contribution in [0.2, 0.25) is 0 Å². The minimum absolute atomic E-state index is 0.168. The molecule has 0 fully saturated rings. The van der Waals surface area contributed by atoms with Crippen LogP contribution < -0.4 is 10.6 Å². The number of nitrogens with one attached hydrogen (secondary N) is 2. The quantitative estimate of drug-likeness (QED) is 0.694. The lowest BCUT2D eigenvalue weighted by atomic mass is 10.2. The predicted octanol–water partition coefficient (Wildman–Crippen LogP) is 3.02. The van der Waals surface area contributed by atoms with Crippen molar-refractivity contribution in [3.8, 4) is 11.4 Å². The molecule has 0 bridgehead atoms. The summed E-state index contributed by atoms with van der Waals surface area (Å²) in [7, 11) is 0. The van der Waals surface area contributed by atoms with Crippen molar-refractivity contribution in [3.05, 3.63) is 54.2 Å². The van der Waals surface area contributed by atoms with Crippen LogP contribution in [0.3, 0.4) is 0 Å². The van der Waals surface area contributed by atoms with Gasteiger partial charge in [0.1, 0.15) is 11.9 Å². The molecule has 4 rings (SSSR count). The first kappa shape index (κ1) is 18.9. The number of amides is 2. The molecule has 0 saturated heterocycles. The Morgan fingerprint density at radius 1 is 1.10 bits per heavy atom. The van der Waals surface area contributed by atoms with Gasteiger partial charge >= 0.3 is 0 Å². The zero-order valence-corrected chi connectivity index (χ0v) is 16.2. The van der Waals surface area contributed by atoms with E-state index in [1.165, 1.54) is 12.7 Å². The summed E-state index contributed by atoms with van der Waals surface area (Å²) in [5.41, 5.74) is 1.61. The topological polar surface area (TPSA) is 102 Å². The van der Waals surface area contributed by atoms with Crippen LogP contribution in [0.4, 0.5) is 5.69 Å². The van der Waals surface area contributed by atoms with E-state index in [0.29, 0.717) is 5.69 Å². The number of carbonyl (C=O) groups excluding carboxylic acids is 2. The van der Waals surface area contributed by atoms with E-state index in [4.69, 9.17) is 4.42 Å². The number of anilines is 1. The summed E-state index contributed by atoms with van der Waals surface area (Å²) in [5, 5.41) is 14.1. The molecule has 2 aromatic heterocycles. The van der Waals surface area contributed by atoms with Crippen LogP contribution in [-0.4, -0.2) is 32.6 Å². The third-order valence-electron chi connectivity index (χ3n) is 5.01. The second-order valence-electron chi connectivity index (χ2n) is 7.14. The Balaban J connectivity index is 1.40. The van der Waals surface area contributed by atoms with Gasteiger partial charge in [-0.15, -0.1) is 10.2 Å². The molecular weight excluding hydrogens is 370 g/mol. The fraction of sp³-hybridized carbons (Fsp3) is 0.333. The van der Waals surface area contributed by atoms with Gasteiger partial charge in [0.15, 0.2) is 11.6 Å². The third kappa shape index (κ3) is 4.21. The third-order valence-corrected chi connectivity index (χ3v) is 5.01. The summed E-state index contributed by atoms with van der Waals surface area (Å²) in [4.78, 5) is 24.4. The van der Waals surface area contributed by atoms with Crippen molar-refractivity contribution in [1.29, 1.82) is 0 Å². The first-order valence-corrected chi connectivity index (χ1v) is 9.79. The van der Waals surface area contributed by atoms with Gasteiger partial charge in [-0.05, 0) is 56.2 Å². The zero-order valence-electron chi connectivity index (χ0n) is 16.2. The molecule has 3 aromatic rings. The SMILES string of the molecule is C[C@H](NC(=O)c1ccco1)C(=O)Nc1ccc(-c2nnc3n2CCCCC3)cc1. The maximum atomic E-state index is 12.4. The Labute approximate surface area is 168 Å². The van der Waals surface area contributed by atoms with Gasteiger partial charge in [0, 0.05) is 24.2 Å². The fourth-order valence-corrected chi connectivity index (χ4v) is 3.39. The molecule has 8 nitrogen and oxygen atoms in total. The number of aryl methyl sites for hydroxylation is 1. The smallest absolute Gasteiger partial charge is 0.287 e. The van der Waals surface area contributed by atoms with E-state index < -0.39 is 11.9 Å². The lowest BCUT2D eigenvalue weighted by Crippen LogP contribution is -2.41. The highest BCUT2D eigenvalue weighted by Crippen LogP contribution is 2.24. The van der Waals surface area contributed by atoms with Crippen molar-refractivity contribution < 1.29 is 14.0 Å². The monoisotopic (exact) mass is 393 g/mol. The minimum atomic E-state index is -0.709. The summed E-state index contributed by atoms with van der Waals surface area (Å²) < 4.78 is 7.22. The normalized spacial score (nSPS) is 14.5. The molecule has 8 heteroatoms. The van der Waals surface area contributed by atoms with Crippen LogP contribution in [0.5, 0.6) is 0 Å². The molecule has 0 unspecified atom stereocenters. The van der Waals surface area contributed by atoms with Gasteiger partial charge in [-0.1, -0.05) is 6.42 Å². The number of rotatable bonds is 5. The van der Waals surface area contributed by atoms with Crippen LogP contribution in [0, 0.1) is 0 Å². The highest BCUT2D eigenvalue weighted by molar-refractivity contribution is 5.99. The Morgan fingerprint density at radius 2 is 1.93 bits per heavy atom. The standard InChI is InChI=1S/C21H23N5O3/c1-14(22-21(28)17-6-5-13-29-17)20(27)23-16-10-8-15(9-11-16)19-25-24-18-7-3-2-4-12-26(18)19/h5-6,8-11,13-14H,2-4,7,12H2,1H3,(H,22,28)(H,23,27)/t14-/m0/s1. The average Bonchev–Trinajstić information content (AvgIpc) is 3.34. The number of aromatic nitrogens is 3. The van der Waals surface area contributed by atoms with Gasteiger partial charge in [0.05, 0.1) is 6.26 Å². The molecule has 2 N–H and O–H groups in total. The zero-order chi connectivity index (χ0) is 20.2. The molecular formula is C21H23N5O3. The van der Waals surface area contributed by atoms with E-state index in [1.807, 2.05) is 24.3 Å². The molecule has 3 heterocycles. The molecule has 0 aliphatic carbocycles. The Kier molecular flexibility index (Phi) is 5.41. The Morgan fingerprint density at radius 3 is 2.69 bits per heavy atom. The number of hydrogen-bond donors (Lipinski definition) is 2. The van der Waals surface area contributed by atoms with Crippen LogP contribution in [0.15, 0.2) is 47.1 Å². The minimum Gasteiger partial charge on any atom is -0.459 e. The molecule has 0 spiro atoms. The van der Waals surface area contributed by atoms with Crippen LogP contribution in [0.25, 0.3) is 11.4 Å². The van der Waals surface area contributed by atoms with Crippen molar-refractivity contribution in [2.45, 2.75) is 45.2 Å². The maximum absolute atomic E-state index is 12.4. The summed E-state index contributed by atoms with van der Waals surface area (Å²) in [5.74, 6) is 1.32. The Hall–Kier alpha value is -3.42. The van der Waals surface area contributed by atoms with E-state index in [2.05, 4.69) is 25.4 Å². The lowest BCUT2D eigenvalue weighted by Gasteiger charge is -2.14. The first-order chi connectivity index (χ1) is 14.1. The number of fused-ring (bicyclic) bond motifs is 1. The van der Waals surface area contributed by atoms with Crippen LogP contribution >= 0.6 is 0 Å². The van der Waals surface area contributed by atoms with E-state index in [1.54, 1.807) is 19.1 Å². The maximum Gasteiger partial charge on any atom is 0.287 e. The van der Waals surface area contributed by atoms with Gasteiger partial charge in [-0.25, -0.2) is 0 Å². The molecule has 150 valence electrons. The van der Waals surface area contributed by atoms with Gasteiger partial charge in [-0.2, -0.15) is 0 Å². The van der Waals surface area contributed by atoms with Gasteiger partial charge in [0.25, 0.3) is 5.91 Å². The van der Waals surface area contributed by atoms with Crippen LogP contribution in [-0.2, 0) is 17.8 Å². The summed E-state index contributed by atoms with van der Waals surface area (Å²) in [6, 6.07) is 9.95.